The van der Waals surface area contributed by atoms with Crippen molar-refractivity contribution in [3.63, 3.8) is 0 Å². The summed E-state index contributed by atoms with van der Waals surface area (Å²) >= 11 is 0. The van der Waals surface area contributed by atoms with Crippen LogP contribution in [-0.2, 0) is 4.74 Å². The average molecular weight is 258 g/mol. The number of hydrogen-bond acceptors (Lipinski definition) is 4. The highest BCUT2D eigenvalue weighted by Gasteiger charge is 2.23. The van der Waals surface area contributed by atoms with Crippen molar-refractivity contribution in [3.8, 4) is 0 Å². The van der Waals surface area contributed by atoms with E-state index in [1.54, 1.807) is 0 Å². The fourth-order valence-electron chi connectivity index (χ4n) is 1.92. The van der Waals surface area contributed by atoms with Crippen LogP contribution in [-0.4, -0.2) is 24.2 Å². The first-order valence-electron chi connectivity index (χ1n) is 5.57. The maximum absolute atomic E-state index is 13.3. The van der Waals surface area contributed by atoms with Gasteiger partial charge in [0.2, 0.25) is 5.82 Å². The van der Waals surface area contributed by atoms with Crippen molar-refractivity contribution in [1.82, 2.24) is 0 Å². The Morgan fingerprint density at radius 3 is 2.89 bits per heavy atom. The Hall–Kier alpha value is -1.76. The lowest BCUT2D eigenvalue weighted by atomic mass is 10.2. The molecular formula is C11H12F2N2O3. The van der Waals surface area contributed by atoms with E-state index in [1.165, 1.54) is 0 Å². The van der Waals surface area contributed by atoms with Crippen LogP contribution in [0.2, 0.25) is 0 Å². The first kappa shape index (κ1) is 12.7. The van der Waals surface area contributed by atoms with Crippen molar-refractivity contribution >= 4 is 11.4 Å². The van der Waals surface area contributed by atoms with E-state index >= 15 is 0 Å². The standard InChI is InChI=1S/C11H12F2N2O3/c12-7-4-9(13)11(15(16)17)10(5-7)14-6-8-2-1-3-18-8/h4-5,8,14H,1-3,6H2. The van der Waals surface area contributed by atoms with Crippen LogP contribution in [0.25, 0.3) is 0 Å². The molecule has 1 saturated heterocycles. The summed E-state index contributed by atoms with van der Waals surface area (Å²) in [5.41, 5.74) is -0.901. The molecule has 7 heteroatoms. The molecule has 1 aromatic rings. The maximum atomic E-state index is 13.3. The van der Waals surface area contributed by atoms with Gasteiger partial charge in [-0.3, -0.25) is 10.1 Å². The number of ether oxygens (including phenoxy) is 1. The van der Waals surface area contributed by atoms with Crippen molar-refractivity contribution in [2.45, 2.75) is 18.9 Å². The van der Waals surface area contributed by atoms with E-state index in [0.29, 0.717) is 19.2 Å². The highest BCUT2D eigenvalue weighted by atomic mass is 19.1. The number of hydrogen-bond donors (Lipinski definition) is 1. The largest absolute Gasteiger partial charge is 0.377 e. The Morgan fingerprint density at radius 1 is 1.50 bits per heavy atom. The van der Waals surface area contributed by atoms with Gasteiger partial charge >= 0.3 is 5.69 Å². The van der Waals surface area contributed by atoms with Crippen LogP contribution in [0, 0.1) is 21.7 Å². The van der Waals surface area contributed by atoms with Gasteiger partial charge in [0.25, 0.3) is 0 Å². The summed E-state index contributed by atoms with van der Waals surface area (Å²) in [5, 5.41) is 13.4. The Morgan fingerprint density at radius 2 is 2.28 bits per heavy atom. The Balaban J connectivity index is 2.16. The SMILES string of the molecule is O=[N+]([O-])c1c(F)cc(F)cc1NCC1CCCO1. The van der Waals surface area contributed by atoms with Crippen LogP contribution in [0.1, 0.15) is 12.8 Å². The van der Waals surface area contributed by atoms with Gasteiger partial charge in [0.1, 0.15) is 11.5 Å². The van der Waals surface area contributed by atoms with Crippen LogP contribution in [0.3, 0.4) is 0 Å². The Kier molecular flexibility index (Phi) is 3.71. The topological polar surface area (TPSA) is 64.4 Å². The Labute approximate surface area is 102 Å². The average Bonchev–Trinajstić information content (AvgIpc) is 2.77. The van der Waals surface area contributed by atoms with Crippen molar-refractivity contribution in [2.75, 3.05) is 18.5 Å². The number of anilines is 1. The van der Waals surface area contributed by atoms with Crippen molar-refractivity contribution in [1.29, 1.82) is 0 Å². The van der Waals surface area contributed by atoms with Gasteiger partial charge in [-0.1, -0.05) is 0 Å². The molecule has 1 aliphatic rings. The molecule has 1 aliphatic heterocycles. The predicted molar refractivity (Wildman–Crippen MR) is 60.5 cm³/mol. The summed E-state index contributed by atoms with van der Waals surface area (Å²) < 4.78 is 31.7. The molecule has 5 nitrogen and oxygen atoms in total. The van der Waals surface area contributed by atoms with Crippen LogP contribution in [0.4, 0.5) is 20.2 Å². The lowest BCUT2D eigenvalue weighted by Crippen LogP contribution is -2.19. The molecule has 1 atom stereocenters. The number of nitro groups is 1. The van der Waals surface area contributed by atoms with E-state index in [1.807, 2.05) is 0 Å². The van der Waals surface area contributed by atoms with E-state index < -0.39 is 22.2 Å². The van der Waals surface area contributed by atoms with E-state index in [2.05, 4.69) is 5.32 Å². The lowest BCUT2D eigenvalue weighted by Gasteiger charge is -2.12. The van der Waals surface area contributed by atoms with Gasteiger partial charge in [-0.25, -0.2) is 4.39 Å². The minimum Gasteiger partial charge on any atom is -0.377 e. The van der Waals surface area contributed by atoms with Crippen molar-refractivity contribution in [3.05, 3.63) is 33.9 Å². The first-order valence-corrected chi connectivity index (χ1v) is 5.57. The second kappa shape index (κ2) is 5.26. The zero-order chi connectivity index (χ0) is 13.1. The van der Waals surface area contributed by atoms with Gasteiger partial charge in [-0.05, 0) is 12.8 Å². The molecule has 1 aromatic carbocycles. The molecule has 0 aromatic heterocycles. The normalized spacial score (nSPS) is 18.9. The summed E-state index contributed by atoms with van der Waals surface area (Å²) in [7, 11) is 0. The molecular weight excluding hydrogens is 246 g/mol. The smallest absolute Gasteiger partial charge is 0.327 e. The van der Waals surface area contributed by atoms with Gasteiger partial charge in [0.05, 0.1) is 11.0 Å². The van der Waals surface area contributed by atoms with E-state index in [0.717, 1.165) is 18.9 Å². The molecule has 1 N–H and O–H groups in total. The van der Waals surface area contributed by atoms with Crippen molar-refractivity contribution in [2.24, 2.45) is 0 Å². The molecule has 0 aliphatic carbocycles. The fraction of sp³-hybridized carbons (Fsp3) is 0.455. The molecule has 0 spiro atoms. The molecule has 1 fully saturated rings. The van der Waals surface area contributed by atoms with Crippen LogP contribution in [0.5, 0.6) is 0 Å². The number of halogens is 2. The van der Waals surface area contributed by atoms with Crippen LogP contribution >= 0.6 is 0 Å². The Bertz CT molecular complexity index is 462. The minimum absolute atomic E-state index is 0.0732. The van der Waals surface area contributed by atoms with Gasteiger partial charge < -0.3 is 10.1 Å². The highest BCUT2D eigenvalue weighted by Crippen LogP contribution is 2.29. The molecule has 0 bridgehead atoms. The third-order valence-corrected chi connectivity index (χ3v) is 2.75. The van der Waals surface area contributed by atoms with Gasteiger partial charge in [-0.15, -0.1) is 0 Å². The number of benzene rings is 1. The third-order valence-electron chi connectivity index (χ3n) is 2.75. The van der Waals surface area contributed by atoms with Gasteiger partial charge in [0.15, 0.2) is 0 Å². The fourth-order valence-corrected chi connectivity index (χ4v) is 1.92. The van der Waals surface area contributed by atoms with E-state index in [-0.39, 0.29) is 11.8 Å². The molecule has 1 heterocycles. The highest BCUT2D eigenvalue weighted by molar-refractivity contribution is 5.62. The monoisotopic (exact) mass is 258 g/mol. The summed E-state index contributed by atoms with van der Waals surface area (Å²) in [6.45, 7) is 0.940. The first-order chi connectivity index (χ1) is 8.58. The second-order valence-electron chi connectivity index (χ2n) is 4.06. The number of nitro benzene ring substituents is 1. The quantitative estimate of drug-likeness (QED) is 0.665. The molecule has 0 saturated carbocycles. The maximum Gasteiger partial charge on any atom is 0.327 e. The lowest BCUT2D eigenvalue weighted by molar-refractivity contribution is -0.386. The number of rotatable bonds is 4. The zero-order valence-corrected chi connectivity index (χ0v) is 9.49. The zero-order valence-electron chi connectivity index (χ0n) is 9.49. The predicted octanol–water partition coefficient (Wildman–Crippen LogP) is 2.46. The van der Waals surface area contributed by atoms with Gasteiger partial charge in [-0.2, -0.15) is 4.39 Å². The summed E-state index contributed by atoms with van der Waals surface area (Å²) in [5.74, 6) is -2.04. The number of nitrogens with one attached hydrogen (secondary N) is 1. The molecule has 0 amide bonds. The molecule has 98 valence electrons. The third kappa shape index (κ3) is 2.73. The number of nitrogens with zero attached hydrogens (tertiary/aromatic N) is 1. The molecule has 18 heavy (non-hydrogen) atoms. The summed E-state index contributed by atoms with van der Waals surface area (Å²) in [6.07, 6.45) is 1.68. The molecule has 0 radical (unpaired) electrons. The van der Waals surface area contributed by atoms with Crippen LogP contribution < -0.4 is 5.32 Å². The summed E-state index contributed by atoms with van der Waals surface area (Å²) in [6, 6.07) is 1.41. The molecule has 1 unspecified atom stereocenters. The van der Waals surface area contributed by atoms with E-state index in [4.69, 9.17) is 4.74 Å². The minimum atomic E-state index is -1.19. The van der Waals surface area contributed by atoms with Crippen molar-refractivity contribution < 1.29 is 18.4 Å². The van der Waals surface area contributed by atoms with Gasteiger partial charge in [0, 0.05) is 25.3 Å². The van der Waals surface area contributed by atoms with E-state index in [9.17, 15) is 18.9 Å². The van der Waals surface area contributed by atoms with Crippen LogP contribution in [0.15, 0.2) is 12.1 Å². The summed E-state index contributed by atoms with van der Waals surface area (Å²) in [4.78, 5) is 9.85. The molecule has 2 rings (SSSR count). The second-order valence-corrected chi connectivity index (χ2v) is 4.06.